The Hall–Kier alpha value is -2.37. The second-order valence-corrected chi connectivity index (χ2v) is 2.87. The van der Waals surface area contributed by atoms with Gasteiger partial charge in [-0.3, -0.25) is 4.79 Å². The molecule has 0 spiro atoms. The molecule has 6 nitrogen and oxygen atoms in total. The maximum absolute atomic E-state index is 10.8. The van der Waals surface area contributed by atoms with Gasteiger partial charge in [0.15, 0.2) is 6.29 Å². The first-order valence-corrected chi connectivity index (χ1v) is 4.15. The number of hydrogen-bond donors (Lipinski definition) is 2. The molecular weight excluding hydrogens is 216 g/mol. The van der Waals surface area contributed by atoms with Crippen molar-refractivity contribution in [1.29, 1.82) is 0 Å². The molecule has 0 aliphatic carbocycles. The third kappa shape index (κ3) is 2.00. The van der Waals surface area contributed by atoms with Crippen molar-refractivity contribution in [2.24, 2.45) is 0 Å². The Morgan fingerprint density at radius 1 is 1.25 bits per heavy atom. The van der Waals surface area contributed by atoms with Gasteiger partial charge < -0.3 is 14.9 Å². The van der Waals surface area contributed by atoms with E-state index in [-0.39, 0.29) is 22.4 Å². The highest BCUT2D eigenvalue weighted by molar-refractivity contribution is 6.00. The number of carboxylic acids is 2. The van der Waals surface area contributed by atoms with E-state index in [1.54, 1.807) is 0 Å². The van der Waals surface area contributed by atoms with Crippen LogP contribution in [0.15, 0.2) is 12.1 Å². The van der Waals surface area contributed by atoms with Crippen LogP contribution in [0.3, 0.4) is 0 Å². The van der Waals surface area contributed by atoms with Crippen molar-refractivity contribution in [2.75, 3.05) is 7.11 Å². The Morgan fingerprint density at radius 2 is 1.88 bits per heavy atom. The minimum Gasteiger partial charge on any atom is -0.495 e. The van der Waals surface area contributed by atoms with Crippen molar-refractivity contribution in [3.63, 3.8) is 0 Å². The average Bonchev–Trinajstić information content (AvgIpc) is 2.26. The number of carboxylic acid groups (broad SMARTS) is 2. The van der Waals surface area contributed by atoms with Crippen LogP contribution in [0.4, 0.5) is 0 Å². The standard InChI is InChI=1S/C10H8O6/c1-16-8-6(4-11)2-5(9(12)13)3-7(8)10(14)15/h2-4H,1H3,(H,12,13)(H,14,15). The van der Waals surface area contributed by atoms with E-state index < -0.39 is 11.9 Å². The number of ether oxygens (including phenoxy) is 1. The van der Waals surface area contributed by atoms with Crippen LogP contribution in [-0.4, -0.2) is 35.5 Å². The number of benzene rings is 1. The summed E-state index contributed by atoms with van der Waals surface area (Å²) in [6.07, 6.45) is 0.345. The molecule has 0 heterocycles. The molecular formula is C10H8O6. The van der Waals surface area contributed by atoms with E-state index in [1.807, 2.05) is 0 Å². The minimum atomic E-state index is -1.36. The number of methoxy groups -OCH3 is 1. The first-order valence-electron chi connectivity index (χ1n) is 4.15. The molecule has 1 aromatic rings. The summed E-state index contributed by atoms with van der Waals surface area (Å²) in [5.41, 5.74) is -0.746. The second kappa shape index (κ2) is 4.43. The molecule has 16 heavy (non-hydrogen) atoms. The molecule has 84 valence electrons. The molecule has 2 N–H and O–H groups in total. The minimum absolute atomic E-state index is 0.111. The summed E-state index contributed by atoms with van der Waals surface area (Å²) in [6, 6.07) is 2.00. The first kappa shape index (κ1) is 11.7. The van der Waals surface area contributed by atoms with Crippen molar-refractivity contribution in [3.8, 4) is 5.75 Å². The number of aldehydes is 1. The van der Waals surface area contributed by atoms with Crippen molar-refractivity contribution >= 4 is 18.2 Å². The molecule has 0 radical (unpaired) electrons. The van der Waals surface area contributed by atoms with Gasteiger partial charge in [-0.05, 0) is 12.1 Å². The topological polar surface area (TPSA) is 101 Å². The lowest BCUT2D eigenvalue weighted by atomic mass is 10.0. The zero-order valence-corrected chi connectivity index (χ0v) is 8.26. The van der Waals surface area contributed by atoms with Gasteiger partial charge in [-0.25, -0.2) is 9.59 Å². The fourth-order valence-electron chi connectivity index (χ4n) is 1.25. The third-order valence-corrected chi connectivity index (χ3v) is 1.93. The van der Waals surface area contributed by atoms with Crippen LogP contribution >= 0.6 is 0 Å². The Bertz CT molecular complexity index is 463. The van der Waals surface area contributed by atoms with Crippen LogP contribution in [0.25, 0.3) is 0 Å². The molecule has 0 bridgehead atoms. The molecule has 0 fully saturated rings. The van der Waals surface area contributed by atoms with Crippen molar-refractivity contribution in [1.82, 2.24) is 0 Å². The zero-order valence-electron chi connectivity index (χ0n) is 8.26. The molecule has 0 aliphatic heterocycles. The van der Waals surface area contributed by atoms with Gasteiger partial charge in [-0.15, -0.1) is 0 Å². The monoisotopic (exact) mass is 224 g/mol. The Morgan fingerprint density at radius 3 is 2.25 bits per heavy atom. The Kier molecular flexibility index (Phi) is 3.24. The van der Waals surface area contributed by atoms with Gasteiger partial charge in [0.05, 0.1) is 18.2 Å². The van der Waals surface area contributed by atoms with Crippen molar-refractivity contribution < 1.29 is 29.3 Å². The number of hydrogen-bond acceptors (Lipinski definition) is 4. The average molecular weight is 224 g/mol. The van der Waals surface area contributed by atoms with Crippen LogP contribution in [0.2, 0.25) is 0 Å². The van der Waals surface area contributed by atoms with Gasteiger partial charge in [0.1, 0.15) is 11.3 Å². The second-order valence-electron chi connectivity index (χ2n) is 2.87. The fraction of sp³-hybridized carbons (Fsp3) is 0.100. The number of rotatable bonds is 4. The summed E-state index contributed by atoms with van der Waals surface area (Å²) in [5, 5.41) is 17.6. The highest BCUT2D eigenvalue weighted by Crippen LogP contribution is 2.24. The molecule has 0 aliphatic rings. The SMILES string of the molecule is COc1c(C=O)cc(C(=O)O)cc1C(=O)O. The summed E-state index contributed by atoms with van der Waals surface area (Å²) >= 11 is 0. The van der Waals surface area contributed by atoms with Crippen molar-refractivity contribution in [3.05, 3.63) is 28.8 Å². The molecule has 0 amide bonds. The van der Waals surface area contributed by atoms with Gasteiger partial charge in [0, 0.05) is 0 Å². The van der Waals surface area contributed by atoms with Crippen molar-refractivity contribution in [2.45, 2.75) is 0 Å². The maximum atomic E-state index is 10.8. The predicted octanol–water partition coefficient (Wildman–Crippen LogP) is 0.904. The largest absolute Gasteiger partial charge is 0.495 e. The summed E-state index contributed by atoms with van der Waals surface area (Å²) in [7, 11) is 1.20. The Labute approximate surface area is 90.1 Å². The smallest absolute Gasteiger partial charge is 0.339 e. The number of carbonyl (C=O) groups excluding carboxylic acids is 1. The van der Waals surface area contributed by atoms with Crippen LogP contribution < -0.4 is 4.74 Å². The molecule has 0 saturated carbocycles. The molecule has 6 heteroatoms. The molecule has 1 rings (SSSR count). The van der Waals surface area contributed by atoms with E-state index in [2.05, 4.69) is 0 Å². The number of carbonyl (C=O) groups is 3. The zero-order chi connectivity index (χ0) is 12.3. The lowest BCUT2D eigenvalue weighted by Crippen LogP contribution is -2.07. The molecule has 0 saturated heterocycles. The van der Waals surface area contributed by atoms with E-state index in [0.29, 0.717) is 6.29 Å². The van der Waals surface area contributed by atoms with Crippen LogP contribution in [0.5, 0.6) is 5.75 Å². The predicted molar refractivity (Wildman–Crippen MR) is 52.3 cm³/mol. The molecule has 0 unspecified atom stereocenters. The first-order chi connectivity index (χ1) is 7.51. The molecule has 1 aromatic carbocycles. The summed E-state index contributed by atoms with van der Waals surface area (Å²) < 4.78 is 4.76. The van der Waals surface area contributed by atoms with Gasteiger partial charge in [0.2, 0.25) is 0 Å². The van der Waals surface area contributed by atoms with Crippen LogP contribution in [0.1, 0.15) is 31.1 Å². The normalized spacial score (nSPS) is 9.56. The van der Waals surface area contributed by atoms with E-state index in [4.69, 9.17) is 14.9 Å². The fourth-order valence-corrected chi connectivity index (χ4v) is 1.25. The van der Waals surface area contributed by atoms with Crippen LogP contribution in [-0.2, 0) is 0 Å². The third-order valence-electron chi connectivity index (χ3n) is 1.93. The highest BCUT2D eigenvalue weighted by atomic mass is 16.5. The van der Waals surface area contributed by atoms with E-state index >= 15 is 0 Å². The Balaban J connectivity index is 3.55. The van der Waals surface area contributed by atoms with E-state index in [0.717, 1.165) is 12.1 Å². The lowest BCUT2D eigenvalue weighted by molar-refractivity contribution is 0.0693. The molecule has 0 aromatic heterocycles. The molecule has 0 atom stereocenters. The van der Waals surface area contributed by atoms with Gasteiger partial charge in [-0.2, -0.15) is 0 Å². The summed E-state index contributed by atoms with van der Waals surface area (Å²) in [4.78, 5) is 32.2. The summed E-state index contributed by atoms with van der Waals surface area (Å²) in [5.74, 6) is -2.82. The quantitative estimate of drug-likeness (QED) is 0.737. The maximum Gasteiger partial charge on any atom is 0.339 e. The van der Waals surface area contributed by atoms with Gasteiger partial charge in [0.25, 0.3) is 0 Å². The van der Waals surface area contributed by atoms with Gasteiger partial charge in [-0.1, -0.05) is 0 Å². The van der Waals surface area contributed by atoms with Crippen LogP contribution in [0, 0.1) is 0 Å². The summed E-state index contributed by atoms with van der Waals surface area (Å²) in [6.45, 7) is 0. The number of aromatic carboxylic acids is 2. The van der Waals surface area contributed by atoms with E-state index in [1.165, 1.54) is 7.11 Å². The highest BCUT2D eigenvalue weighted by Gasteiger charge is 2.18. The lowest BCUT2D eigenvalue weighted by Gasteiger charge is -2.08. The van der Waals surface area contributed by atoms with Gasteiger partial charge >= 0.3 is 11.9 Å². The van der Waals surface area contributed by atoms with E-state index in [9.17, 15) is 14.4 Å².